The van der Waals surface area contributed by atoms with Gasteiger partial charge in [-0.2, -0.15) is 0 Å². The Morgan fingerprint density at radius 3 is 2.56 bits per heavy atom. The number of nitrogens with one attached hydrogen (secondary N) is 1. The maximum atomic E-state index is 12.7. The van der Waals surface area contributed by atoms with Crippen LogP contribution in [-0.2, 0) is 7.05 Å². The van der Waals surface area contributed by atoms with Gasteiger partial charge in [-0.3, -0.25) is 9.13 Å². The fourth-order valence-electron chi connectivity index (χ4n) is 3.66. The Labute approximate surface area is 146 Å². The molecule has 3 aromatic rings. The number of methoxy groups -OCH3 is 1. The van der Waals surface area contributed by atoms with Gasteiger partial charge >= 0.3 is 5.69 Å². The third-order valence-corrected chi connectivity index (χ3v) is 5.03. The predicted molar refractivity (Wildman–Crippen MR) is 98.8 cm³/mol. The van der Waals surface area contributed by atoms with Crippen molar-refractivity contribution in [2.75, 3.05) is 12.4 Å². The van der Waals surface area contributed by atoms with Crippen LogP contribution in [-0.4, -0.2) is 21.2 Å². The summed E-state index contributed by atoms with van der Waals surface area (Å²) in [7, 11) is 3.46. The second-order valence-electron chi connectivity index (χ2n) is 6.56. The normalized spacial score (nSPS) is 15.0. The van der Waals surface area contributed by atoms with Crippen LogP contribution in [0.5, 0.6) is 5.75 Å². The summed E-state index contributed by atoms with van der Waals surface area (Å²) in [6.07, 6.45) is 6.30. The van der Waals surface area contributed by atoms with Crippen molar-refractivity contribution in [1.29, 1.82) is 0 Å². The molecule has 0 spiro atoms. The number of rotatable bonds is 4. The van der Waals surface area contributed by atoms with Crippen LogP contribution in [0.4, 0.5) is 11.5 Å². The number of aromatic nitrogens is 3. The lowest BCUT2D eigenvalue weighted by Crippen LogP contribution is -2.24. The zero-order valence-corrected chi connectivity index (χ0v) is 14.5. The molecule has 6 heteroatoms. The lowest BCUT2D eigenvalue weighted by molar-refractivity contribution is 0.415. The minimum Gasteiger partial charge on any atom is -0.497 e. The number of fused-ring (bicyclic) bond motifs is 1. The van der Waals surface area contributed by atoms with Crippen molar-refractivity contribution in [3.8, 4) is 5.75 Å². The van der Waals surface area contributed by atoms with Crippen molar-refractivity contribution in [2.45, 2.75) is 31.7 Å². The average molecular weight is 338 g/mol. The number of ether oxygens (including phenoxy) is 1. The molecule has 25 heavy (non-hydrogen) atoms. The molecular formula is C19H22N4O2. The molecule has 0 amide bonds. The number of anilines is 2. The highest BCUT2D eigenvalue weighted by atomic mass is 16.5. The standard InChI is InChI=1S/C19H22N4O2/c1-22-17-12-20-18(21-13-7-9-15(25-2)10-8-13)11-16(17)23(19(22)24)14-5-3-4-6-14/h7-12,14H,3-6H2,1-2H3,(H,20,21). The molecule has 0 aliphatic heterocycles. The van der Waals surface area contributed by atoms with Crippen molar-refractivity contribution in [3.05, 3.63) is 47.0 Å². The molecule has 1 aliphatic carbocycles. The molecule has 0 unspecified atom stereocenters. The molecule has 1 aromatic carbocycles. The highest BCUT2D eigenvalue weighted by molar-refractivity contribution is 5.79. The van der Waals surface area contributed by atoms with Crippen molar-refractivity contribution in [1.82, 2.24) is 14.1 Å². The van der Waals surface area contributed by atoms with Gasteiger partial charge in [0.2, 0.25) is 0 Å². The van der Waals surface area contributed by atoms with E-state index >= 15 is 0 Å². The molecule has 0 radical (unpaired) electrons. The van der Waals surface area contributed by atoms with Crippen LogP contribution in [0.2, 0.25) is 0 Å². The van der Waals surface area contributed by atoms with Crippen LogP contribution in [0.1, 0.15) is 31.7 Å². The highest BCUT2D eigenvalue weighted by Gasteiger charge is 2.23. The largest absolute Gasteiger partial charge is 0.497 e. The van der Waals surface area contributed by atoms with Crippen LogP contribution in [0.25, 0.3) is 11.0 Å². The Hall–Kier alpha value is -2.76. The van der Waals surface area contributed by atoms with Gasteiger partial charge in [-0.1, -0.05) is 12.8 Å². The number of nitrogens with zero attached hydrogens (tertiary/aromatic N) is 3. The summed E-state index contributed by atoms with van der Waals surface area (Å²) in [6.45, 7) is 0. The molecule has 1 N–H and O–H groups in total. The minimum absolute atomic E-state index is 0.0466. The summed E-state index contributed by atoms with van der Waals surface area (Å²) < 4.78 is 8.82. The van der Waals surface area contributed by atoms with E-state index in [2.05, 4.69) is 10.3 Å². The number of benzene rings is 1. The topological polar surface area (TPSA) is 61.1 Å². The van der Waals surface area contributed by atoms with Gasteiger partial charge in [0, 0.05) is 24.8 Å². The number of pyridine rings is 1. The van der Waals surface area contributed by atoms with Crippen LogP contribution in [0.3, 0.4) is 0 Å². The second-order valence-corrected chi connectivity index (χ2v) is 6.56. The van der Waals surface area contributed by atoms with Crippen molar-refractivity contribution < 1.29 is 4.74 Å². The van der Waals surface area contributed by atoms with Gasteiger partial charge in [0.25, 0.3) is 0 Å². The number of hydrogen-bond acceptors (Lipinski definition) is 4. The van der Waals surface area contributed by atoms with E-state index in [1.54, 1.807) is 17.9 Å². The smallest absolute Gasteiger partial charge is 0.329 e. The third kappa shape index (κ3) is 2.77. The summed E-state index contributed by atoms with van der Waals surface area (Å²) in [5, 5.41) is 3.30. The van der Waals surface area contributed by atoms with Gasteiger partial charge in [-0.25, -0.2) is 9.78 Å². The van der Waals surface area contributed by atoms with Crippen molar-refractivity contribution in [3.63, 3.8) is 0 Å². The summed E-state index contributed by atoms with van der Waals surface area (Å²) >= 11 is 0. The lowest BCUT2D eigenvalue weighted by Gasteiger charge is -2.12. The Bertz CT molecular complexity index is 950. The van der Waals surface area contributed by atoms with Crippen LogP contribution < -0.4 is 15.7 Å². The molecule has 6 nitrogen and oxygen atoms in total. The van der Waals surface area contributed by atoms with E-state index in [4.69, 9.17) is 4.74 Å². The van der Waals surface area contributed by atoms with Gasteiger partial charge < -0.3 is 10.1 Å². The quantitative estimate of drug-likeness (QED) is 0.789. The first-order valence-corrected chi connectivity index (χ1v) is 8.65. The molecule has 130 valence electrons. The molecule has 2 aromatic heterocycles. The number of imidazole rings is 1. The first-order chi connectivity index (χ1) is 12.2. The minimum atomic E-state index is 0.0466. The van der Waals surface area contributed by atoms with E-state index in [0.29, 0.717) is 6.04 Å². The zero-order valence-electron chi connectivity index (χ0n) is 14.5. The van der Waals surface area contributed by atoms with E-state index in [0.717, 1.165) is 41.1 Å². The molecule has 4 rings (SSSR count). The van der Waals surface area contributed by atoms with Crippen LogP contribution in [0.15, 0.2) is 41.3 Å². The first kappa shape index (κ1) is 15.7. The van der Waals surface area contributed by atoms with E-state index in [9.17, 15) is 4.79 Å². The lowest BCUT2D eigenvalue weighted by atomic mass is 10.2. The monoisotopic (exact) mass is 338 g/mol. The maximum Gasteiger partial charge on any atom is 0.329 e. The zero-order chi connectivity index (χ0) is 17.4. The Morgan fingerprint density at radius 2 is 1.88 bits per heavy atom. The maximum absolute atomic E-state index is 12.7. The number of aryl methyl sites for hydroxylation is 1. The Kier molecular flexibility index (Phi) is 3.95. The van der Waals surface area contributed by atoms with E-state index < -0.39 is 0 Å². The SMILES string of the molecule is COc1ccc(Nc2cc3c(cn2)n(C)c(=O)n3C2CCCC2)cc1. The highest BCUT2D eigenvalue weighted by Crippen LogP contribution is 2.31. The summed E-state index contributed by atoms with van der Waals surface area (Å²) in [4.78, 5) is 17.2. The Balaban J connectivity index is 1.73. The molecule has 1 fully saturated rings. The molecule has 0 bridgehead atoms. The van der Waals surface area contributed by atoms with Gasteiger partial charge in [0.15, 0.2) is 0 Å². The second kappa shape index (κ2) is 6.27. The average Bonchev–Trinajstić information content (AvgIpc) is 3.23. The molecule has 0 atom stereocenters. The van der Waals surface area contributed by atoms with Crippen molar-refractivity contribution in [2.24, 2.45) is 7.05 Å². The fourth-order valence-corrected chi connectivity index (χ4v) is 3.66. The van der Waals surface area contributed by atoms with Gasteiger partial charge in [0.05, 0.1) is 24.3 Å². The third-order valence-electron chi connectivity index (χ3n) is 5.03. The fraction of sp³-hybridized carbons (Fsp3) is 0.368. The summed E-state index contributed by atoms with van der Waals surface area (Å²) in [6, 6.07) is 9.96. The number of hydrogen-bond donors (Lipinski definition) is 1. The molecule has 1 aliphatic rings. The van der Waals surface area contributed by atoms with Crippen LogP contribution >= 0.6 is 0 Å². The molecular weight excluding hydrogens is 316 g/mol. The van der Waals surface area contributed by atoms with Crippen LogP contribution in [0, 0.1) is 0 Å². The molecule has 0 saturated heterocycles. The first-order valence-electron chi connectivity index (χ1n) is 8.65. The van der Waals surface area contributed by atoms with Gasteiger partial charge in [-0.15, -0.1) is 0 Å². The van der Waals surface area contributed by atoms with Gasteiger partial charge in [0.1, 0.15) is 11.6 Å². The van der Waals surface area contributed by atoms with E-state index in [1.807, 2.05) is 41.9 Å². The Morgan fingerprint density at radius 1 is 1.16 bits per heavy atom. The molecule has 1 saturated carbocycles. The van der Waals surface area contributed by atoms with E-state index in [1.165, 1.54) is 12.8 Å². The predicted octanol–water partition coefficient (Wildman–Crippen LogP) is 3.60. The summed E-state index contributed by atoms with van der Waals surface area (Å²) in [5.74, 6) is 1.54. The van der Waals surface area contributed by atoms with E-state index in [-0.39, 0.29) is 5.69 Å². The van der Waals surface area contributed by atoms with Crippen molar-refractivity contribution >= 4 is 22.5 Å². The summed E-state index contributed by atoms with van der Waals surface area (Å²) in [5.41, 5.74) is 2.80. The van der Waals surface area contributed by atoms with Gasteiger partial charge in [-0.05, 0) is 37.1 Å². The molecule has 2 heterocycles.